The smallest absolute Gasteiger partial charge is 0.129 e. The number of ether oxygens (including phenoxy) is 1. The number of halogens is 1. The Morgan fingerprint density at radius 3 is 2.62 bits per heavy atom. The number of benzene rings is 5. The van der Waals surface area contributed by atoms with Gasteiger partial charge in [-0.3, -0.25) is 4.99 Å². The van der Waals surface area contributed by atoms with Gasteiger partial charge in [0.25, 0.3) is 0 Å². The molecule has 1 aliphatic heterocycles. The van der Waals surface area contributed by atoms with Crippen LogP contribution in [0.25, 0.3) is 10.8 Å². The first-order chi connectivity index (χ1) is 19.7. The molecule has 0 fully saturated rings. The lowest BCUT2D eigenvalue weighted by atomic mass is 9.77. The highest BCUT2D eigenvalue weighted by Crippen LogP contribution is 2.49. The molecule has 1 heterocycles. The SMILES string of the molecule is Clc1cccc(COc2ccc3ccccc3c2C=Nc2ccc([C@@H]3Nc4ccccc4[C@H]4C=CC[C@@H]43)cc2)c1. The Bertz CT molecular complexity index is 1740. The number of nitrogens with zero attached hydrogens (tertiary/aromatic N) is 1. The van der Waals surface area contributed by atoms with Gasteiger partial charge < -0.3 is 10.1 Å². The zero-order valence-electron chi connectivity index (χ0n) is 22.0. The van der Waals surface area contributed by atoms with Gasteiger partial charge >= 0.3 is 0 Å². The number of aliphatic imine (C=N–C) groups is 1. The first-order valence-electron chi connectivity index (χ1n) is 13.8. The van der Waals surface area contributed by atoms with Crippen molar-refractivity contribution in [2.75, 3.05) is 5.32 Å². The molecule has 0 saturated carbocycles. The quantitative estimate of drug-likeness (QED) is 0.172. The number of para-hydroxylation sites is 1. The topological polar surface area (TPSA) is 33.6 Å². The van der Waals surface area contributed by atoms with Gasteiger partial charge in [0.2, 0.25) is 0 Å². The van der Waals surface area contributed by atoms with Gasteiger partial charge in [0.1, 0.15) is 12.4 Å². The van der Waals surface area contributed by atoms with Crippen LogP contribution in [0, 0.1) is 5.92 Å². The van der Waals surface area contributed by atoms with Gasteiger partial charge in [0.05, 0.1) is 11.7 Å². The Morgan fingerprint density at radius 2 is 1.73 bits per heavy atom. The minimum Gasteiger partial charge on any atom is -0.488 e. The molecule has 196 valence electrons. The summed E-state index contributed by atoms with van der Waals surface area (Å²) in [5, 5.41) is 6.78. The van der Waals surface area contributed by atoms with E-state index in [2.05, 4.69) is 96.3 Å². The van der Waals surface area contributed by atoms with E-state index in [0.29, 0.717) is 23.5 Å². The lowest BCUT2D eigenvalue weighted by Gasteiger charge is -2.37. The highest BCUT2D eigenvalue weighted by molar-refractivity contribution is 6.30. The summed E-state index contributed by atoms with van der Waals surface area (Å²) in [6.45, 7) is 0.434. The maximum absolute atomic E-state index is 6.28. The van der Waals surface area contributed by atoms with E-state index in [1.807, 2.05) is 36.5 Å². The van der Waals surface area contributed by atoms with Crippen molar-refractivity contribution in [3.63, 3.8) is 0 Å². The molecule has 3 atom stereocenters. The second-order valence-corrected chi connectivity index (χ2v) is 11.0. The monoisotopic (exact) mass is 540 g/mol. The normalized spacial score (nSPS) is 19.4. The molecule has 0 saturated heterocycles. The third-order valence-corrected chi connectivity index (χ3v) is 8.32. The molecule has 1 aliphatic carbocycles. The van der Waals surface area contributed by atoms with Crippen LogP contribution in [0.1, 0.15) is 40.6 Å². The van der Waals surface area contributed by atoms with E-state index in [-0.39, 0.29) is 6.04 Å². The maximum atomic E-state index is 6.28. The van der Waals surface area contributed by atoms with Gasteiger partial charge in [-0.05, 0) is 76.2 Å². The van der Waals surface area contributed by atoms with Crippen molar-refractivity contribution < 1.29 is 4.74 Å². The Kier molecular flexibility index (Phi) is 6.59. The Balaban J connectivity index is 1.15. The molecule has 5 aromatic carbocycles. The van der Waals surface area contributed by atoms with Crippen LogP contribution in [0.3, 0.4) is 0 Å². The van der Waals surface area contributed by atoms with E-state index in [0.717, 1.165) is 39.8 Å². The number of fused-ring (bicyclic) bond motifs is 4. The van der Waals surface area contributed by atoms with E-state index in [1.54, 1.807) is 0 Å². The van der Waals surface area contributed by atoms with Crippen LogP contribution in [0.4, 0.5) is 11.4 Å². The molecule has 0 aromatic heterocycles. The predicted molar refractivity (Wildman–Crippen MR) is 166 cm³/mol. The van der Waals surface area contributed by atoms with Crippen LogP contribution >= 0.6 is 11.6 Å². The van der Waals surface area contributed by atoms with Crippen molar-refractivity contribution in [1.29, 1.82) is 0 Å². The van der Waals surface area contributed by atoms with Gasteiger partial charge in [-0.15, -0.1) is 0 Å². The minimum absolute atomic E-state index is 0.275. The van der Waals surface area contributed by atoms with Crippen molar-refractivity contribution in [2.45, 2.75) is 25.0 Å². The molecule has 2 aliphatic rings. The van der Waals surface area contributed by atoms with Crippen LogP contribution < -0.4 is 10.1 Å². The number of allylic oxidation sites excluding steroid dienone is 2. The third kappa shape index (κ3) is 4.78. The first-order valence-corrected chi connectivity index (χ1v) is 14.2. The Labute approximate surface area is 239 Å². The molecule has 40 heavy (non-hydrogen) atoms. The molecule has 3 nitrogen and oxygen atoms in total. The number of rotatable bonds is 6. The van der Waals surface area contributed by atoms with Crippen LogP contribution in [-0.4, -0.2) is 6.21 Å². The summed E-state index contributed by atoms with van der Waals surface area (Å²) in [5.74, 6) is 1.79. The first kappa shape index (κ1) is 24.7. The Morgan fingerprint density at radius 1 is 0.875 bits per heavy atom. The van der Waals surface area contributed by atoms with E-state index >= 15 is 0 Å². The highest BCUT2D eigenvalue weighted by Gasteiger charge is 2.37. The molecule has 1 N–H and O–H groups in total. The summed E-state index contributed by atoms with van der Waals surface area (Å²) in [6, 6.07) is 37.8. The largest absolute Gasteiger partial charge is 0.488 e. The maximum Gasteiger partial charge on any atom is 0.129 e. The molecule has 5 aromatic rings. The van der Waals surface area contributed by atoms with E-state index < -0.39 is 0 Å². The predicted octanol–water partition coefficient (Wildman–Crippen LogP) is 9.65. The molecule has 0 unspecified atom stereocenters. The molecule has 0 bridgehead atoms. The molecule has 0 spiro atoms. The summed E-state index contributed by atoms with van der Waals surface area (Å²) < 4.78 is 6.28. The number of hydrogen-bond acceptors (Lipinski definition) is 3. The average Bonchev–Trinajstić information content (AvgIpc) is 3.50. The molecule has 4 heteroatoms. The molecule has 0 radical (unpaired) electrons. The third-order valence-electron chi connectivity index (χ3n) is 8.08. The summed E-state index contributed by atoms with van der Waals surface area (Å²) in [5.41, 5.74) is 6.84. The number of hydrogen-bond donors (Lipinski definition) is 1. The molecule has 7 rings (SSSR count). The Hall–Kier alpha value is -4.34. The van der Waals surface area contributed by atoms with Crippen LogP contribution in [0.5, 0.6) is 5.75 Å². The zero-order chi connectivity index (χ0) is 26.9. The second-order valence-electron chi connectivity index (χ2n) is 10.5. The molecular weight excluding hydrogens is 512 g/mol. The van der Waals surface area contributed by atoms with Gasteiger partial charge in [-0.1, -0.05) is 96.5 Å². The van der Waals surface area contributed by atoms with Crippen molar-refractivity contribution >= 4 is 40.0 Å². The van der Waals surface area contributed by atoms with Gasteiger partial charge in [0.15, 0.2) is 0 Å². The van der Waals surface area contributed by atoms with Crippen molar-refractivity contribution in [3.05, 3.63) is 149 Å². The van der Waals surface area contributed by atoms with E-state index in [1.165, 1.54) is 16.8 Å². The standard InChI is InChI=1S/C36H29ClN2O/c37-27-9-5-7-24(21-27)23-40-35-20-17-25-8-1-2-10-29(25)33(35)22-38-28-18-15-26(16-19-28)36-32-13-6-12-30(32)31-11-3-4-14-34(31)39-36/h1-12,14-22,30,32,36,39H,13,23H2/t30-,32+,36+/m1/s1. The van der Waals surface area contributed by atoms with Gasteiger partial charge in [-0.25, -0.2) is 0 Å². The fourth-order valence-corrected chi connectivity index (χ4v) is 6.32. The molecule has 0 amide bonds. The van der Waals surface area contributed by atoms with Gasteiger partial charge in [0, 0.05) is 28.4 Å². The summed E-state index contributed by atoms with van der Waals surface area (Å²) >= 11 is 6.18. The van der Waals surface area contributed by atoms with Crippen molar-refractivity contribution in [2.24, 2.45) is 10.9 Å². The van der Waals surface area contributed by atoms with Crippen molar-refractivity contribution in [3.8, 4) is 5.75 Å². The van der Waals surface area contributed by atoms with Gasteiger partial charge in [-0.2, -0.15) is 0 Å². The fraction of sp³-hybridized carbons (Fsp3) is 0.139. The summed E-state index contributed by atoms with van der Waals surface area (Å²) in [7, 11) is 0. The summed E-state index contributed by atoms with van der Waals surface area (Å²) in [4.78, 5) is 4.89. The lowest BCUT2D eigenvalue weighted by molar-refractivity contribution is 0.306. The zero-order valence-corrected chi connectivity index (χ0v) is 22.8. The fourth-order valence-electron chi connectivity index (χ4n) is 6.10. The van der Waals surface area contributed by atoms with Crippen molar-refractivity contribution in [1.82, 2.24) is 0 Å². The lowest BCUT2D eigenvalue weighted by Crippen LogP contribution is -2.28. The second kappa shape index (κ2) is 10.7. The van der Waals surface area contributed by atoms with Crippen LogP contribution in [-0.2, 0) is 6.61 Å². The van der Waals surface area contributed by atoms with Crippen LogP contribution in [0.15, 0.2) is 126 Å². The molecular formula is C36H29ClN2O. The minimum atomic E-state index is 0.275. The van der Waals surface area contributed by atoms with E-state index in [4.69, 9.17) is 21.3 Å². The van der Waals surface area contributed by atoms with E-state index in [9.17, 15) is 0 Å². The average molecular weight is 541 g/mol. The summed E-state index contributed by atoms with van der Waals surface area (Å²) in [6.07, 6.45) is 7.74. The highest BCUT2D eigenvalue weighted by atomic mass is 35.5. The number of nitrogens with one attached hydrogen (secondary N) is 1. The van der Waals surface area contributed by atoms with Crippen LogP contribution in [0.2, 0.25) is 5.02 Å². The number of anilines is 1.